The van der Waals surface area contributed by atoms with Crippen LogP contribution in [0.4, 0.5) is 0 Å². The summed E-state index contributed by atoms with van der Waals surface area (Å²) >= 11 is 0. The molecule has 0 aromatic rings. The van der Waals surface area contributed by atoms with E-state index in [2.05, 4.69) is 50.0 Å². The average Bonchev–Trinajstić information content (AvgIpc) is 3.01. The highest BCUT2D eigenvalue weighted by Gasteiger charge is 2.59. The number of hydrogen-bond donors (Lipinski definition) is 1. The van der Waals surface area contributed by atoms with E-state index in [1.807, 2.05) is 0 Å². The number of nitrogens with zero attached hydrogens (tertiary/aromatic N) is 2. The summed E-state index contributed by atoms with van der Waals surface area (Å²) in [5, 5.41) is 3.56. The molecule has 4 nitrogen and oxygen atoms in total. The van der Waals surface area contributed by atoms with Crippen molar-refractivity contribution in [2.45, 2.75) is 63.7 Å². The fourth-order valence-electron chi connectivity index (χ4n) is 2.60. The Labute approximate surface area is 111 Å². The predicted molar refractivity (Wildman–Crippen MR) is 73.3 cm³/mol. The Kier molecular flexibility index (Phi) is 3.45. The standard InChI is InChI=1S/C14H27N3O/c1-6-7-11-15-14(8-9-14)12(18)17(11)10-13(2,3)16(4)5/h11,15H,6-10H2,1-5H3. The van der Waals surface area contributed by atoms with Crippen molar-refractivity contribution in [1.29, 1.82) is 0 Å². The third-order valence-corrected chi connectivity index (χ3v) is 4.57. The lowest BCUT2D eigenvalue weighted by atomic mass is 10.0. The molecule has 2 aliphatic rings. The average molecular weight is 253 g/mol. The van der Waals surface area contributed by atoms with Gasteiger partial charge in [-0.25, -0.2) is 0 Å². The number of likely N-dealkylation sites (N-methyl/N-ethyl adjacent to an activating group) is 1. The van der Waals surface area contributed by atoms with Crippen molar-refractivity contribution in [1.82, 2.24) is 15.1 Å². The summed E-state index contributed by atoms with van der Waals surface area (Å²) in [4.78, 5) is 16.8. The number of carbonyl (C=O) groups excluding carboxylic acids is 1. The van der Waals surface area contributed by atoms with Gasteiger partial charge in [-0.15, -0.1) is 0 Å². The van der Waals surface area contributed by atoms with Gasteiger partial charge in [-0.05, 0) is 47.2 Å². The van der Waals surface area contributed by atoms with Crippen LogP contribution < -0.4 is 5.32 Å². The quantitative estimate of drug-likeness (QED) is 0.805. The molecular weight excluding hydrogens is 226 g/mol. The van der Waals surface area contributed by atoms with Gasteiger partial charge in [0.25, 0.3) is 0 Å². The van der Waals surface area contributed by atoms with E-state index < -0.39 is 0 Å². The van der Waals surface area contributed by atoms with Gasteiger partial charge in [-0.3, -0.25) is 10.1 Å². The molecule has 1 amide bonds. The van der Waals surface area contributed by atoms with Gasteiger partial charge in [0, 0.05) is 12.1 Å². The van der Waals surface area contributed by atoms with E-state index in [9.17, 15) is 4.79 Å². The van der Waals surface area contributed by atoms with Gasteiger partial charge in [-0.2, -0.15) is 0 Å². The molecule has 1 N–H and O–H groups in total. The molecule has 104 valence electrons. The molecule has 4 heteroatoms. The molecule has 1 saturated heterocycles. The maximum absolute atomic E-state index is 12.5. The number of rotatable bonds is 5. The Morgan fingerprint density at radius 1 is 1.44 bits per heavy atom. The molecule has 1 heterocycles. The highest BCUT2D eigenvalue weighted by Crippen LogP contribution is 2.43. The largest absolute Gasteiger partial charge is 0.324 e. The second kappa shape index (κ2) is 4.49. The van der Waals surface area contributed by atoms with Crippen LogP contribution >= 0.6 is 0 Å². The molecule has 1 aliphatic carbocycles. The van der Waals surface area contributed by atoms with Crippen LogP contribution in [0.25, 0.3) is 0 Å². The summed E-state index contributed by atoms with van der Waals surface area (Å²) in [5.74, 6) is 0.330. The lowest BCUT2D eigenvalue weighted by Gasteiger charge is -2.38. The lowest BCUT2D eigenvalue weighted by Crippen LogP contribution is -2.51. The SMILES string of the molecule is CCCC1NC2(CC2)C(=O)N1CC(C)(C)N(C)C. The van der Waals surface area contributed by atoms with Gasteiger partial charge >= 0.3 is 0 Å². The monoisotopic (exact) mass is 253 g/mol. The lowest BCUT2D eigenvalue weighted by molar-refractivity contribution is -0.132. The zero-order chi connectivity index (χ0) is 13.6. The molecule has 0 radical (unpaired) electrons. The first-order chi connectivity index (χ1) is 8.32. The minimum Gasteiger partial charge on any atom is -0.324 e. The van der Waals surface area contributed by atoms with E-state index in [1.165, 1.54) is 0 Å². The molecule has 1 saturated carbocycles. The van der Waals surface area contributed by atoms with E-state index in [1.54, 1.807) is 0 Å². The van der Waals surface area contributed by atoms with E-state index in [4.69, 9.17) is 0 Å². The van der Waals surface area contributed by atoms with Crippen LogP contribution in [0.1, 0.15) is 46.5 Å². The first-order valence-corrected chi connectivity index (χ1v) is 7.08. The first kappa shape index (κ1) is 13.8. The molecule has 1 unspecified atom stereocenters. The van der Waals surface area contributed by atoms with Gasteiger partial charge in [0.2, 0.25) is 5.91 Å². The van der Waals surface area contributed by atoms with Crippen molar-refractivity contribution in [3.63, 3.8) is 0 Å². The minimum absolute atomic E-state index is 0.0176. The topological polar surface area (TPSA) is 35.6 Å². The predicted octanol–water partition coefficient (Wildman–Crippen LogP) is 1.42. The van der Waals surface area contributed by atoms with E-state index in [-0.39, 0.29) is 17.2 Å². The van der Waals surface area contributed by atoms with Gasteiger partial charge in [-0.1, -0.05) is 13.3 Å². The first-order valence-electron chi connectivity index (χ1n) is 7.08. The molecule has 18 heavy (non-hydrogen) atoms. The molecular formula is C14H27N3O. The maximum Gasteiger partial charge on any atom is 0.244 e. The summed E-state index contributed by atoms with van der Waals surface area (Å²) in [6, 6.07) is 0. The van der Waals surface area contributed by atoms with Crippen molar-refractivity contribution in [2.24, 2.45) is 0 Å². The fourth-order valence-corrected chi connectivity index (χ4v) is 2.60. The molecule has 0 aromatic heterocycles. The van der Waals surface area contributed by atoms with Crippen LogP contribution in [-0.4, -0.2) is 53.6 Å². The molecule has 2 fully saturated rings. The second-order valence-corrected chi connectivity index (χ2v) is 6.67. The highest BCUT2D eigenvalue weighted by atomic mass is 16.2. The number of hydrogen-bond acceptors (Lipinski definition) is 3. The van der Waals surface area contributed by atoms with Crippen LogP contribution in [0.3, 0.4) is 0 Å². The van der Waals surface area contributed by atoms with Crippen molar-refractivity contribution in [2.75, 3.05) is 20.6 Å². The molecule has 2 rings (SSSR count). The van der Waals surface area contributed by atoms with Crippen molar-refractivity contribution >= 4 is 5.91 Å². The third kappa shape index (κ3) is 2.28. The number of nitrogens with one attached hydrogen (secondary N) is 1. The Bertz CT molecular complexity index is 334. The Morgan fingerprint density at radius 2 is 2.06 bits per heavy atom. The Morgan fingerprint density at radius 3 is 2.50 bits per heavy atom. The number of amides is 1. The molecule has 0 aromatic carbocycles. The summed E-state index contributed by atoms with van der Waals surface area (Å²) in [7, 11) is 4.16. The van der Waals surface area contributed by atoms with Crippen LogP contribution in [-0.2, 0) is 4.79 Å². The van der Waals surface area contributed by atoms with Crippen molar-refractivity contribution in [3.05, 3.63) is 0 Å². The van der Waals surface area contributed by atoms with Crippen LogP contribution in [0.2, 0.25) is 0 Å². The van der Waals surface area contributed by atoms with Gasteiger partial charge < -0.3 is 9.80 Å². The molecule has 1 aliphatic heterocycles. The molecule has 1 atom stereocenters. The minimum atomic E-state index is -0.178. The van der Waals surface area contributed by atoms with E-state index in [0.717, 1.165) is 32.2 Å². The number of carbonyl (C=O) groups is 1. The summed E-state index contributed by atoms with van der Waals surface area (Å²) in [5.41, 5.74) is -0.161. The summed E-state index contributed by atoms with van der Waals surface area (Å²) < 4.78 is 0. The zero-order valence-electron chi connectivity index (χ0n) is 12.4. The normalized spacial score (nSPS) is 26.4. The molecule has 1 spiro atoms. The maximum atomic E-state index is 12.5. The zero-order valence-corrected chi connectivity index (χ0v) is 12.4. The third-order valence-electron chi connectivity index (χ3n) is 4.57. The second-order valence-electron chi connectivity index (χ2n) is 6.67. The van der Waals surface area contributed by atoms with Gasteiger partial charge in [0.1, 0.15) is 0 Å². The van der Waals surface area contributed by atoms with E-state index >= 15 is 0 Å². The smallest absolute Gasteiger partial charge is 0.244 e. The Hall–Kier alpha value is -0.610. The Balaban J connectivity index is 2.11. The summed E-state index contributed by atoms with van der Waals surface area (Å²) in [6.07, 6.45) is 4.44. The van der Waals surface area contributed by atoms with Gasteiger partial charge in [0.05, 0.1) is 11.7 Å². The van der Waals surface area contributed by atoms with Crippen LogP contribution in [0, 0.1) is 0 Å². The summed E-state index contributed by atoms with van der Waals surface area (Å²) in [6.45, 7) is 7.37. The van der Waals surface area contributed by atoms with Crippen LogP contribution in [0.15, 0.2) is 0 Å². The van der Waals surface area contributed by atoms with E-state index in [0.29, 0.717) is 5.91 Å². The van der Waals surface area contributed by atoms with Crippen LogP contribution in [0.5, 0.6) is 0 Å². The highest BCUT2D eigenvalue weighted by molar-refractivity contribution is 5.91. The fraction of sp³-hybridized carbons (Fsp3) is 0.929. The van der Waals surface area contributed by atoms with Crippen molar-refractivity contribution < 1.29 is 4.79 Å². The van der Waals surface area contributed by atoms with Gasteiger partial charge in [0.15, 0.2) is 0 Å². The van der Waals surface area contributed by atoms with Crippen molar-refractivity contribution in [3.8, 4) is 0 Å². The molecule has 0 bridgehead atoms.